The van der Waals surface area contributed by atoms with Crippen molar-refractivity contribution in [1.29, 1.82) is 0 Å². The predicted molar refractivity (Wildman–Crippen MR) is 106 cm³/mol. The Labute approximate surface area is 162 Å². The number of pyridine rings is 1. The molecule has 0 aliphatic carbocycles. The Bertz CT molecular complexity index is 898. The van der Waals surface area contributed by atoms with E-state index in [9.17, 15) is 4.79 Å². The van der Waals surface area contributed by atoms with Crippen LogP contribution in [0.4, 0.5) is 11.4 Å². The van der Waals surface area contributed by atoms with Crippen LogP contribution in [0, 0.1) is 0 Å². The number of anilines is 2. The molecule has 0 saturated carbocycles. The van der Waals surface area contributed by atoms with E-state index < -0.39 is 0 Å². The molecule has 0 aliphatic rings. The number of rotatable bonds is 6. The summed E-state index contributed by atoms with van der Waals surface area (Å²) in [6.07, 6.45) is 3.93. The molecule has 1 aromatic heterocycles. The summed E-state index contributed by atoms with van der Waals surface area (Å²) in [6, 6.07) is 16.7. The van der Waals surface area contributed by atoms with Gasteiger partial charge >= 0.3 is 0 Å². The highest BCUT2D eigenvalue weighted by Crippen LogP contribution is 2.20. The van der Waals surface area contributed by atoms with Gasteiger partial charge in [0.05, 0.1) is 17.4 Å². The van der Waals surface area contributed by atoms with E-state index in [2.05, 4.69) is 15.6 Å². The minimum absolute atomic E-state index is 0.166. The zero-order chi connectivity index (χ0) is 18.4. The maximum absolute atomic E-state index is 12.3. The third kappa shape index (κ3) is 5.22. The Morgan fingerprint density at radius 1 is 0.923 bits per heavy atom. The van der Waals surface area contributed by atoms with E-state index in [0.29, 0.717) is 22.2 Å². The van der Waals surface area contributed by atoms with Crippen molar-refractivity contribution in [3.63, 3.8) is 0 Å². The Hall–Kier alpha value is -2.56. The quantitative estimate of drug-likeness (QED) is 0.620. The molecule has 2 N–H and O–H groups in total. The van der Waals surface area contributed by atoms with E-state index in [0.717, 1.165) is 23.4 Å². The summed E-state index contributed by atoms with van der Waals surface area (Å²) < 4.78 is 0. The highest BCUT2D eigenvalue weighted by atomic mass is 35.5. The molecule has 0 unspecified atom stereocenters. The van der Waals surface area contributed by atoms with Gasteiger partial charge in [0.25, 0.3) is 5.91 Å². The fourth-order valence-electron chi connectivity index (χ4n) is 2.44. The molecule has 1 amide bonds. The average Bonchev–Trinajstić information content (AvgIpc) is 2.63. The van der Waals surface area contributed by atoms with Crippen molar-refractivity contribution < 1.29 is 4.79 Å². The number of nitrogens with zero attached hydrogens (tertiary/aromatic N) is 1. The molecule has 3 aromatic rings. The second-order valence-electron chi connectivity index (χ2n) is 5.73. The lowest BCUT2D eigenvalue weighted by atomic mass is 10.1. The summed E-state index contributed by atoms with van der Waals surface area (Å²) in [6.45, 7) is 0.534. The van der Waals surface area contributed by atoms with Gasteiger partial charge in [-0.05, 0) is 48.4 Å². The summed E-state index contributed by atoms with van der Waals surface area (Å²) in [7, 11) is 0. The fraction of sp³-hybridized carbons (Fsp3) is 0.100. The molecule has 0 saturated heterocycles. The van der Waals surface area contributed by atoms with Crippen LogP contribution in [0.2, 0.25) is 10.0 Å². The fourth-order valence-corrected chi connectivity index (χ4v) is 2.76. The lowest BCUT2D eigenvalue weighted by Crippen LogP contribution is -2.25. The van der Waals surface area contributed by atoms with E-state index >= 15 is 0 Å². The van der Waals surface area contributed by atoms with Crippen molar-refractivity contribution in [3.05, 3.63) is 88.2 Å². The maximum atomic E-state index is 12.3. The van der Waals surface area contributed by atoms with Crippen molar-refractivity contribution in [3.8, 4) is 0 Å². The second kappa shape index (κ2) is 8.70. The third-order valence-electron chi connectivity index (χ3n) is 3.73. The number of aromatic nitrogens is 1. The van der Waals surface area contributed by atoms with Gasteiger partial charge in [0.1, 0.15) is 0 Å². The number of carbonyl (C=O) groups excluding carboxylic acids is 1. The van der Waals surface area contributed by atoms with E-state index in [4.69, 9.17) is 23.2 Å². The molecular formula is C20H17Cl2N3O. The highest BCUT2D eigenvalue weighted by Gasteiger charge is 2.07. The molecule has 0 fully saturated rings. The lowest BCUT2D eigenvalue weighted by Gasteiger charge is -2.09. The van der Waals surface area contributed by atoms with Crippen molar-refractivity contribution in [1.82, 2.24) is 10.3 Å². The molecule has 26 heavy (non-hydrogen) atoms. The van der Waals surface area contributed by atoms with Gasteiger partial charge in [0.15, 0.2) is 0 Å². The predicted octanol–water partition coefficient (Wildman–Crippen LogP) is 5.10. The van der Waals surface area contributed by atoms with Crippen molar-refractivity contribution in [2.75, 3.05) is 11.9 Å². The van der Waals surface area contributed by atoms with Crippen molar-refractivity contribution in [2.24, 2.45) is 0 Å². The van der Waals surface area contributed by atoms with Gasteiger partial charge < -0.3 is 10.6 Å². The van der Waals surface area contributed by atoms with E-state index in [1.165, 1.54) is 0 Å². The first-order chi connectivity index (χ1) is 12.6. The SMILES string of the molecule is O=C(NCCc1ccc(Cl)cc1)c1cncc(Nc2cccc(Cl)c2)c1. The van der Waals surface area contributed by atoms with Crippen LogP contribution in [0.5, 0.6) is 0 Å². The number of halogens is 2. The summed E-state index contributed by atoms with van der Waals surface area (Å²) in [5.41, 5.74) is 3.16. The molecule has 0 radical (unpaired) electrons. The van der Waals surface area contributed by atoms with Crippen molar-refractivity contribution in [2.45, 2.75) is 6.42 Å². The van der Waals surface area contributed by atoms with Crippen LogP contribution in [0.15, 0.2) is 67.0 Å². The minimum Gasteiger partial charge on any atom is -0.354 e. The number of carbonyl (C=O) groups is 1. The zero-order valence-corrected chi connectivity index (χ0v) is 15.4. The Balaban J connectivity index is 1.58. The Morgan fingerprint density at radius 2 is 1.73 bits per heavy atom. The number of hydrogen-bond acceptors (Lipinski definition) is 3. The first-order valence-electron chi connectivity index (χ1n) is 8.10. The molecule has 3 rings (SSSR count). The summed E-state index contributed by atoms with van der Waals surface area (Å²) in [5.74, 6) is -0.166. The summed E-state index contributed by atoms with van der Waals surface area (Å²) in [5, 5.41) is 7.43. The van der Waals surface area contributed by atoms with Crippen LogP contribution in [0.1, 0.15) is 15.9 Å². The molecule has 4 nitrogen and oxygen atoms in total. The van der Waals surface area contributed by atoms with E-state index in [1.807, 2.05) is 36.4 Å². The Kier molecular flexibility index (Phi) is 6.10. The van der Waals surface area contributed by atoms with Gasteiger partial charge in [0, 0.05) is 28.5 Å². The summed E-state index contributed by atoms with van der Waals surface area (Å²) in [4.78, 5) is 16.5. The zero-order valence-electron chi connectivity index (χ0n) is 13.9. The minimum atomic E-state index is -0.166. The van der Waals surface area contributed by atoms with E-state index in [-0.39, 0.29) is 5.91 Å². The second-order valence-corrected chi connectivity index (χ2v) is 6.60. The smallest absolute Gasteiger partial charge is 0.252 e. The van der Waals surface area contributed by atoms with E-state index in [1.54, 1.807) is 30.6 Å². The number of benzene rings is 2. The maximum Gasteiger partial charge on any atom is 0.252 e. The van der Waals surface area contributed by atoms with Gasteiger partial charge in [-0.1, -0.05) is 41.4 Å². The van der Waals surface area contributed by atoms with Crippen LogP contribution >= 0.6 is 23.2 Å². The van der Waals surface area contributed by atoms with Gasteiger partial charge in [-0.2, -0.15) is 0 Å². The molecule has 1 heterocycles. The van der Waals surface area contributed by atoms with Crippen LogP contribution in [0.3, 0.4) is 0 Å². The number of nitrogens with one attached hydrogen (secondary N) is 2. The standard InChI is InChI=1S/C20H17Cl2N3O/c21-16-6-4-14(5-7-16)8-9-24-20(26)15-10-19(13-23-12-15)25-18-3-1-2-17(22)11-18/h1-7,10-13,25H,8-9H2,(H,24,26). The van der Waals surface area contributed by atoms with Crippen LogP contribution in [-0.4, -0.2) is 17.4 Å². The van der Waals surface area contributed by atoms with Crippen LogP contribution in [0.25, 0.3) is 0 Å². The van der Waals surface area contributed by atoms with Crippen LogP contribution in [-0.2, 0) is 6.42 Å². The topological polar surface area (TPSA) is 54.0 Å². The normalized spacial score (nSPS) is 10.4. The molecule has 0 atom stereocenters. The third-order valence-corrected chi connectivity index (χ3v) is 4.21. The molecule has 6 heteroatoms. The van der Waals surface area contributed by atoms with Gasteiger partial charge in [0.2, 0.25) is 0 Å². The molecule has 132 valence electrons. The average molecular weight is 386 g/mol. The molecule has 2 aromatic carbocycles. The van der Waals surface area contributed by atoms with Crippen LogP contribution < -0.4 is 10.6 Å². The first kappa shape index (κ1) is 18.2. The van der Waals surface area contributed by atoms with Gasteiger partial charge in [-0.3, -0.25) is 9.78 Å². The first-order valence-corrected chi connectivity index (χ1v) is 8.86. The molecular weight excluding hydrogens is 369 g/mol. The van der Waals surface area contributed by atoms with Crippen molar-refractivity contribution >= 4 is 40.5 Å². The Morgan fingerprint density at radius 3 is 2.50 bits per heavy atom. The van der Waals surface area contributed by atoms with Gasteiger partial charge in [-0.25, -0.2) is 0 Å². The highest BCUT2D eigenvalue weighted by molar-refractivity contribution is 6.31. The lowest BCUT2D eigenvalue weighted by molar-refractivity contribution is 0.0954. The molecule has 0 bridgehead atoms. The monoisotopic (exact) mass is 385 g/mol. The largest absolute Gasteiger partial charge is 0.354 e. The number of hydrogen-bond donors (Lipinski definition) is 2. The summed E-state index contributed by atoms with van der Waals surface area (Å²) >= 11 is 11.8. The molecule has 0 spiro atoms. The van der Waals surface area contributed by atoms with Gasteiger partial charge in [-0.15, -0.1) is 0 Å². The number of amides is 1. The molecule has 0 aliphatic heterocycles.